The van der Waals surface area contributed by atoms with Gasteiger partial charge in [-0.25, -0.2) is 4.79 Å². The Labute approximate surface area is 185 Å². The SMILES string of the molecule is CCOc1ccc(C(C)NC(=O)Nc2ccc(CN3C(=O)CSC3=O)cc2)cc1OC. The number of thioether (sulfide) groups is 1. The van der Waals surface area contributed by atoms with Gasteiger partial charge in [0, 0.05) is 5.69 Å². The van der Waals surface area contributed by atoms with Crippen molar-refractivity contribution in [2.24, 2.45) is 0 Å². The van der Waals surface area contributed by atoms with Crippen molar-refractivity contribution in [2.45, 2.75) is 26.4 Å². The van der Waals surface area contributed by atoms with E-state index < -0.39 is 0 Å². The minimum Gasteiger partial charge on any atom is -0.493 e. The molecule has 4 amide bonds. The van der Waals surface area contributed by atoms with Crippen LogP contribution in [-0.4, -0.2) is 41.5 Å². The van der Waals surface area contributed by atoms with Crippen molar-refractivity contribution in [2.75, 3.05) is 24.8 Å². The molecule has 164 valence electrons. The molecule has 3 rings (SSSR count). The van der Waals surface area contributed by atoms with Crippen LogP contribution in [0.1, 0.15) is 31.0 Å². The zero-order valence-electron chi connectivity index (χ0n) is 17.6. The van der Waals surface area contributed by atoms with Gasteiger partial charge in [-0.15, -0.1) is 0 Å². The normalized spacial score (nSPS) is 14.4. The molecule has 31 heavy (non-hydrogen) atoms. The molecule has 2 N–H and O–H groups in total. The first-order chi connectivity index (χ1) is 14.9. The number of carbonyl (C=O) groups is 3. The monoisotopic (exact) mass is 443 g/mol. The highest BCUT2D eigenvalue weighted by Crippen LogP contribution is 2.30. The van der Waals surface area contributed by atoms with Gasteiger partial charge in [-0.1, -0.05) is 30.0 Å². The van der Waals surface area contributed by atoms with Gasteiger partial charge in [0.1, 0.15) is 0 Å². The number of rotatable bonds is 8. The number of nitrogens with zero attached hydrogens (tertiary/aromatic N) is 1. The van der Waals surface area contributed by atoms with Crippen molar-refractivity contribution >= 4 is 34.6 Å². The summed E-state index contributed by atoms with van der Waals surface area (Å²) < 4.78 is 10.9. The molecule has 0 aliphatic carbocycles. The molecule has 1 saturated heterocycles. The van der Waals surface area contributed by atoms with E-state index in [1.54, 1.807) is 31.4 Å². The molecule has 0 bridgehead atoms. The Bertz CT molecular complexity index is 948. The van der Waals surface area contributed by atoms with Crippen molar-refractivity contribution < 1.29 is 23.9 Å². The molecule has 2 aromatic rings. The van der Waals surface area contributed by atoms with Gasteiger partial charge in [0.2, 0.25) is 5.91 Å². The fourth-order valence-corrected chi connectivity index (χ4v) is 3.81. The maximum atomic E-state index is 12.4. The van der Waals surface area contributed by atoms with Gasteiger partial charge in [0.05, 0.1) is 32.1 Å². The average Bonchev–Trinajstić information content (AvgIpc) is 3.07. The van der Waals surface area contributed by atoms with Gasteiger partial charge < -0.3 is 20.1 Å². The molecular weight excluding hydrogens is 418 g/mol. The second kappa shape index (κ2) is 10.2. The lowest BCUT2D eigenvalue weighted by atomic mass is 10.1. The van der Waals surface area contributed by atoms with Crippen LogP contribution in [0.5, 0.6) is 11.5 Å². The van der Waals surface area contributed by atoms with E-state index in [4.69, 9.17) is 9.47 Å². The van der Waals surface area contributed by atoms with Gasteiger partial charge in [-0.05, 0) is 49.2 Å². The smallest absolute Gasteiger partial charge is 0.319 e. The number of urea groups is 1. The zero-order valence-corrected chi connectivity index (χ0v) is 18.5. The van der Waals surface area contributed by atoms with Gasteiger partial charge in [-0.2, -0.15) is 0 Å². The Kier molecular flexibility index (Phi) is 7.41. The Morgan fingerprint density at radius 1 is 1.16 bits per heavy atom. The van der Waals surface area contributed by atoms with Crippen molar-refractivity contribution in [3.63, 3.8) is 0 Å². The lowest BCUT2D eigenvalue weighted by Crippen LogP contribution is -2.31. The molecule has 0 spiro atoms. The summed E-state index contributed by atoms with van der Waals surface area (Å²) in [5, 5.41) is 5.44. The van der Waals surface area contributed by atoms with Crippen molar-refractivity contribution in [1.82, 2.24) is 10.2 Å². The van der Waals surface area contributed by atoms with Crippen LogP contribution in [0.2, 0.25) is 0 Å². The highest BCUT2D eigenvalue weighted by atomic mass is 32.2. The van der Waals surface area contributed by atoms with Gasteiger partial charge in [0.25, 0.3) is 5.24 Å². The highest BCUT2D eigenvalue weighted by molar-refractivity contribution is 8.14. The van der Waals surface area contributed by atoms with E-state index in [0.717, 1.165) is 22.9 Å². The molecule has 1 atom stereocenters. The summed E-state index contributed by atoms with van der Waals surface area (Å²) in [6.07, 6.45) is 0. The molecule has 0 radical (unpaired) electrons. The standard InChI is InChI=1S/C22H25N3O5S/c1-4-30-18-10-7-16(11-19(18)29-3)14(2)23-21(27)24-17-8-5-15(6-9-17)12-25-20(26)13-31-22(25)28/h5-11,14H,4,12-13H2,1-3H3,(H2,23,24,27). The number of benzene rings is 2. The average molecular weight is 444 g/mol. The van der Waals surface area contributed by atoms with E-state index in [9.17, 15) is 14.4 Å². The molecule has 2 aromatic carbocycles. The van der Waals surface area contributed by atoms with Crippen molar-refractivity contribution in [3.05, 3.63) is 53.6 Å². The van der Waals surface area contributed by atoms with Crippen LogP contribution < -0.4 is 20.1 Å². The molecule has 8 nitrogen and oxygen atoms in total. The highest BCUT2D eigenvalue weighted by Gasteiger charge is 2.29. The Morgan fingerprint density at radius 3 is 2.52 bits per heavy atom. The number of methoxy groups -OCH3 is 1. The van der Waals surface area contributed by atoms with Crippen LogP contribution in [0.25, 0.3) is 0 Å². The lowest BCUT2D eigenvalue weighted by molar-refractivity contribution is -0.125. The van der Waals surface area contributed by atoms with Crippen LogP contribution in [0.15, 0.2) is 42.5 Å². The third-order valence-corrected chi connectivity index (χ3v) is 5.59. The van der Waals surface area contributed by atoms with E-state index in [1.807, 2.05) is 32.0 Å². The Balaban J connectivity index is 1.56. The summed E-state index contributed by atoms with van der Waals surface area (Å²) >= 11 is 1.01. The van der Waals surface area contributed by atoms with Gasteiger partial charge >= 0.3 is 6.03 Å². The third-order valence-electron chi connectivity index (χ3n) is 4.73. The minimum atomic E-state index is -0.352. The Morgan fingerprint density at radius 2 is 1.90 bits per heavy atom. The zero-order chi connectivity index (χ0) is 22.4. The lowest BCUT2D eigenvalue weighted by Gasteiger charge is -2.17. The number of nitrogens with one attached hydrogen (secondary N) is 2. The summed E-state index contributed by atoms with van der Waals surface area (Å²) in [6, 6.07) is 12.0. The second-order valence-electron chi connectivity index (χ2n) is 6.89. The fourth-order valence-electron chi connectivity index (χ4n) is 3.09. The van der Waals surface area contributed by atoms with Crippen LogP contribution in [0.3, 0.4) is 0 Å². The number of hydrogen-bond acceptors (Lipinski definition) is 6. The van der Waals surface area contributed by atoms with E-state index in [1.165, 1.54) is 4.90 Å². The number of ether oxygens (including phenoxy) is 2. The van der Waals surface area contributed by atoms with Crippen LogP contribution in [-0.2, 0) is 11.3 Å². The summed E-state index contributed by atoms with van der Waals surface area (Å²) in [5.74, 6) is 1.27. The maximum absolute atomic E-state index is 12.4. The molecule has 9 heteroatoms. The number of anilines is 1. The predicted octanol–water partition coefficient (Wildman–Crippen LogP) is 4.17. The number of hydrogen-bond donors (Lipinski definition) is 2. The molecule has 1 heterocycles. The summed E-state index contributed by atoms with van der Waals surface area (Å²) in [5.41, 5.74) is 2.29. The van der Waals surface area contributed by atoms with Crippen LogP contribution in [0.4, 0.5) is 15.3 Å². The van der Waals surface area contributed by atoms with Crippen LogP contribution in [0, 0.1) is 0 Å². The first-order valence-corrected chi connectivity index (χ1v) is 10.8. The molecule has 1 unspecified atom stereocenters. The first kappa shape index (κ1) is 22.5. The van der Waals surface area contributed by atoms with Crippen molar-refractivity contribution in [3.8, 4) is 11.5 Å². The molecular formula is C22H25N3O5S. The Hall–Kier alpha value is -3.20. The molecule has 1 fully saturated rings. The minimum absolute atomic E-state index is 0.184. The van der Waals surface area contributed by atoms with Crippen LogP contribution >= 0.6 is 11.8 Å². The van der Waals surface area contributed by atoms with Gasteiger partial charge in [0.15, 0.2) is 11.5 Å². The topological polar surface area (TPSA) is 97.0 Å². The number of imide groups is 1. The molecule has 0 saturated carbocycles. The third kappa shape index (κ3) is 5.69. The molecule has 1 aliphatic heterocycles. The summed E-state index contributed by atoms with van der Waals surface area (Å²) in [7, 11) is 1.57. The second-order valence-corrected chi connectivity index (χ2v) is 7.82. The van der Waals surface area contributed by atoms with E-state index in [-0.39, 0.29) is 35.5 Å². The largest absolute Gasteiger partial charge is 0.493 e. The molecule has 0 aromatic heterocycles. The maximum Gasteiger partial charge on any atom is 0.319 e. The van der Waals surface area contributed by atoms with Crippen molar-refractivity contribution in [1.29, 1.82) is 0 Å². The summed E-state index contributed by atoms with van der Waals surface area (Å²) in [4.78, 5) is 37.0. The number of amides is 4. The van der Waals surface area contributed by atoms with E-state index in [0.29, 0.717) is 23.8 Å². The molecule has 1 aliphatic rings. The summed E-state index contributed by atoms with van der Waals surface area (Å²) in [6.45, 7) is 4.54. The first-order valence-electron chi connectivity index (χ1n) is 9.85. The van der Waals surface area contributed by atoms with E-state index in [2.05, 4.69) is 10.6 Å². The van der Waals surface area contributed by atoms with Gasteiger partial charge in [-0.3, -0.25) is 14.5 Å². The van der Waals surface area contributed by atoms with E-state index >= 15 is 0 Å². The quantitative estimate of drug-likeness (QED) is 0.636. The number of carbonyl (C=O) groups excluding carboxylic acids is 3. The fraction of sp³-hybridized carbons (Fsp3) is 0.318. The predicted molar refractivity (Wildman–Crippen MR) is 120 cm³/mol.